The number of anilines is 1. The largest absolute Gasteiger partial charge is 0.378 e. The third kappa shape index (κ3) is 4.84. The molecule has 0 radical (unpaired) electrons. The van der Waals surface area contributed by atoms with Gasteiger partial charge in [-0.05, 0) is 41.5 Å². The average Bonchev–Trinajstić information content (AvgIpc) is 3.57. The molecule has 1 aliphatic heterocycles. The molecule has 36 heavy (non-hydrogen) atoms. The molecule has 3 aromatic carbocycles. The summed E-state index contributed by atoms with van der Waals surface area (Å²) in [4.78, 5) is 33.6. The van der Waals surface area contributed by atoms with Gasteiger partial charge in [-0.15, -0.1) is 11.8 Å². The van der Waals surface area contributed by atoms with Crippen LogP contribution in [0.2, 0.25) is 0 Å². The lowest BCUT2D eigenvalue weighted by Crippen LogP contribution is -2.48. The number of fused-ring (bicyclic) bond motifs is 1. The van der Waals surface area contributed by atoms with Crippen molar-refractivity contribution in [3.8, 4) is 0 Å². The highest BCUT2D eigenvalue weighted by atomic mass is 32.2. The number of hydrogen-bond acceptors (Lipinski definition) is 4. The van der Waals surface area contributed by atoms with Gasteiger partial charge in [-0.1, -0.05) is 48.5 Å². The Kier molecular flexibility index (Phi) is 7.00. The molecule has 5 rings (SSSR count). The van der Waals surface area contributed by atoms with Crippen molar-refractivity contribution < 1.29 is 9.59 Å². The number of benzene rings is 3. The van der Waals surface area contributed by atoms with Crippen LogP contribution >= 0.6 is 11.8 Å². The molecule has 0 spiro atoms. The normalized spacial score (nSPS) is 16.2. The topological polar surface area (TPSA) is 68.4 Å². The molecular formula is C29H30N4O2S. The molecule has 2 N–H and O–H groups in total. The maximum atomic E-state index is 13.4. The zero-order valence-corrected chi connectivity index (χ0v) is 21.3. The van der Waals surface area contributed by atoms with E-state index in [0.29, 0.717) is 23.7 Å². The molecule has 184 valence electrons. The smallest absolute Gasteiger partial charge is 0.255 e. The van der Waals surface area contributed by atoms with E-state index in [1.807, 2.05) is 50.6 Å². The van der Waals surface area contributed by atoms with Gasteiger partial charge < -0.3 is 20.1 Å². The van der Waals surface area contributed by atoms with Crippen molar-refractivity contribution in [2.45, 2.75) is 12.0 Å². The molecule has 1 aromatic heterocycles. The van der Waals surface area contributed by atoms with Gasteiger partial charge in [-0.3, -0.25) is 9.59 Å². The Morgan fingerprint density at radius 1 is 1.03 bits per heavy atom. The third-order valence-corrected chi connectivity index (χ3v) is 7.77. The van der Waals surface area contributed by atoms with Crippen molar-refractivity contribution >= 4 is 40.2 Å². The molecule has 1 fully saturated rings. The van der Waals surface area contributed by atoms with Crippen molar-refractivity contribution in [3.63, 3.8) is 0 Å². The van der Waals surface area contributed by atoms with Crippen molar-refractivity contribution in [1.29, 1.82) is 0 Å². The molecule has 6 nitrogen and oxygen atoms in total. The molecule has 7 heteroatoms. The second-order valence-electron chi connectivity index (χ2n) is 9.23. The zero-order chi connectivity index (χ0) is 25.1. The Morgan fingerprint density at radius 2 is 1.75 bits per heavy atom. The Labute approximate surface area is 215 Å². The van der Waals surface area contributed by atoms with E-state index in [2.05, 4.69) is 51.6 Å². The molecule has 4 aromatic rings. The van der Waals surface area contributed by atoms with Gasteiger partial charge in [0.25, 0.3) is 5.91 Å². The van der Waals surface area contributed by atoms with Crippen LogP contribution in [0.1, 0.15) is 27.4 Å². The fourth-order valence-electron chi connectivity index (χ4n) is 4.72. The van der Waals surface area contributed by atoms with Crippen LogP contribution < -0.4 is 10.2 Å². The van der Waals surface area contributed by atoms with Gasteiger partial charge in [0, 0.05) is 60.7 Å². The first-order valence-electron chi connectivity index (χ1n) is 12.1. The number of carbonyl (C=O) groups excluding carboxylic acids is 2. The molecule has 2 atom stereocenters. The van der Waals surface area contributed by atoms with Crippen molar-refractivity contribution in [3.05, 3.63) is 102 Å². The average molecular weight is 499 g/mol. The summed E-state index contributed by atoms with van der Waals surface area (Å²) >= 11 is 1.61. The summed E-state index contributed by atoms with van der Waals surface area (Å²) in [5, 5.41) is 4.32. The second-order valence-corrected chi connectivity index (χ2v) is 10.2. The fourth-order valence-corrected chi connectivity index (χ4v) is 5.88. The van der Waals surface area contributed by atoms with Crippen LogP contribution in [0, 0.1) is 0 Å². The first-order chi connectivity index (χ1) is 17.5. The summed E-state index contributed by atoms with van der Waals surface area (Å²) in [6.45, 7) is 0.441. The number of carbonyl (C=O) groups is 2. The highest BCUT2D eigenvalue weighted by Crippen LogP contribution is 2.32. The van der Waals surface area contributed by atoms with E-state index in [1.54, 1.807) is 28.8 Å². The molecule has 2 heterocycles. The lowest BCUT2D eigenvalue weighted by molar-refractivity contribution is -0.124. The molecule has 1 saturated heterocycles. The number of nitrogens with zero attached hydrogens (tertiary/aromatic N) is 2. The Morgan fingerprint density at radius 3 is 2.50 bits per heavy atom. The van der Waals surface area contributed by atoms with Crippen LogP contribution in [-0.4, -0.2) is 60.0 Å². The summed E-state index contributed by atoms with van der Waals surface area (Å²) < 4.78 is 0. The van der Waals surface area contributed by atoms with Crippen LogP contribution in [0.3, 0.4) is 0 Å². The van der Waals surface area contributed by atoms with E-state index in [9.17, 15) is 9.59 Å². The van der Waals surface area contributed by atoms with Gasteiger partial charge in [-0.25, -0.2) is 0 Å². The van der Waals surface area contributed by atoms with E-state index < -0.39 is 6.04 Å². The fraction of sp³-hybridized carbons (Fsp3) is 0.241. The number of amides is 2. The molecule has 0 bridgehead atoms. The molecule has 1 aliphatic rings. The Hall–Kier alpha value is -3.71. The highest BCUT2D eigenvalue weighted by Gasteiger charge is 2.35. The summed E-state index contributed by atoms with van der Waals surface area (Å²) in [6.07, 6.45) is 2.04. The van der Waals surface area contributed by atoms with Crippen LogP contribution in [0.15, 0.2) is 85.1 Å². The third-order valence-electron chi connectivity index (χ3n) is 6.76. The maximum absolute atomic E-state index is 13.4. The summed E-state index contributed by atoms with van der Waals surface area (Å²) in [5.41, 5.74) is 5.07. The number of rotatable bonds is 7. The number of aromatic amines is 1. The monoisotopic (exact) mass is 498 g/mol. The molecule has 0 aliphatic carbocycles. The number of para-hydroxylation sites is 1. The first kappa shape index (κ1) is 24.0. The highest BCUT2D eigenvalue weighted by molar-refractivity contribution is 7.99. The van der Waals surface area contributed by atoms with Gasteiger partial charge in [0.1, 0.15) is 6.04 Å². The standard InChI is InChI=1S/C29H30N4O2S/c1-32(2)22-14-12-20(13-15-22)24(25-17-30-26-11-7-6-10-23(25)26)16-31-28(34)27-18-36-19-33(27)29(35)21-8-4-3-5-9-21/h3-15,17,24,27,30H,16,18-19H2,1-2H3,(H,31,34)/t24?,27-/m0/s1. The maximum Gasteiger partial charge on any atom is 0.255 e. The summed E-state index contributed by atoms with van der Waals surface area (Å²) in [7, 11) is 4.04. The van der Waals surface area contributed by atoms with Gasteiger partial charge in [0.2, 0.25) is 5.91 Å². The van der Waals surface area contributed by atoms with E-state index >= 15 is 0 Å². The molecular weight excluding hydrogens is 468 g/mol. The summed E-state index contributed by atoms with van der Waals surface area (Å²) in [5.74, 6) is 0.865. The number of aromatic nitrogens is 1. The molecule has 1 unspecified atom stereocenters. The number of thioether (sulfide) groups is 1. The number of hydrogen-bond donors (Lipinski definition) is 2. The first-order valence-corrected chi connectivity index (χ1v) is 13.2. The van der Waals surface area contributed by atoms with Crippen molar-refractivity contribution in [2.24, 2.45) is 0 Å². The van der Waals surface area contributed by atoms with Crippen LogP contribution in [-0.2, 0) is 4.79 Å². The van der Waals surface area contributed by atoms with E-state index in [4.69, 9.17) is 0 Å². The van der Waals surface area contributed by atoms with Crippen molar-refractivity contribution in [1.82, 2.24) is 15.2 Å². The van der Waals surface area contributed by atoms with E-state index in [0.717, 1.165) is 27.7 Å². The van der Waals surface area contributed by atoms with Crippen LogP contribution in [0.25, 0.3) is 10.9 Å². The summed E-state index contributed by atoms with van der Waals surface area (Å²) in [6, 6.07) is 25.4. The SMILES string of the molecule is CN(C)c1ccc(C(CNC(=O)[C@@H]2CSCN2C(=O)c2ccccc2)c2c[nH]c3ccccc23)cc1. The lowest BCUT2D eigenvalue weighted by atomic mass is 9.90. The Bertz CT molecular complexity index is 1350. The minimum absolute atomic E-state index is 0.0337. The zero-order valence-electron chi connectivity index (χ0n) is 20.5. The molecule has 0 saturated carbocycles. The van der Waals surface area contributed by atoms with Gasteiger partial charge in [0.05, 0.1) is 5.88 Å². The lowest BCUT2D eigenvalue weighted by Gasteiger charge is -2.25. The van der Waals surface area contributed by atoms with Crippen LogP contribution in [0.5, 0.6) is 0 Å². The predicted octanol–water partition coefficient (Wildman–Crippen LogP) is 4.70. The predicted molar refractivity (Wildman–Crippen MR) is 148 cm³/mol. The second kappa shape index (κ2) is 10.5. The van der Waals surface area contributed by atoms with E-state index in [1.165, 1.54) is 0 Å². The minimum Gasteiger partial charge on any atom is -0.378 e. The van der Waals surface area contributed by atoms with Gasteiger partial charge >= 0.3 is 0 Å². The van der Waals surface area contributed by atoms with Gasteiger partial charge in [0.15, 0.2) is 0 Å². The number of H-pyrrole nitrogens is 1. The molecule has 2 amide bonds. The van der Waals surface area contributed by atoms with Crippen molar-refractivity contribution in [2.75, 3.05) is 37.2 Å². The quantitative estimate of drug-likeness (QED) is 0.388. The number of nitrogens with one attached hydrogen (secondary N) is 2. The van der Waals surface area contributed by atoms with Gasteiger partial charge in [-0.2, -0.15) is 0 Å². The minimum atomic E-state index is -0.484. The van der Waals surface area contributed by atoms with Crippen LogP contribution in [0.4, 0.5) is 5.69 Å². The van der Waals surface area contributed by atoms with E-state index in [-0.39, 0.29) is 17.7 Å². The Balaban J connectivity index is 1.38.